The lowest BCUT2D eigenvalue weighted by Crippen LogP contribution is -2.20. The first-order valence-electron chi connectivity index (χ1n) is 2.59. The molecule has 54 valence electrons. The van der Waals surface area contributed by atoms with Gasteiger partial charge in [-0.2, -0.15) is 0 Å². The number of ether oxygens (including phenoxy) is 1. The highest BCUT2D eigenvalue weighted by molar-refractivity contribution is 5.74. The molecule has 0 saturated carbocycles. The number of carbonyl (C=O) groups excluding carboxylic acids is 1. The maximum Gasteiger partial charge on any atom is 0.343 e. The fraction of sp³-hybridized carbons (Fsp3) is 0.800. The summed E-state index contributed by atoms with van der Waals surface area (Å²) in [5, 5.41) is 0. The van der Waals surface area contributed by atoms with Gasteiger partial charge in [-0.05, 0) is 6.92 Å². The number of rotatable bonds is 3. The predicted molar refractivity (Wildman–Crippen MR) is 27.5 cm³/mol. The van der Waals surface area contributed by atoms with Crippen LogP contribution in [0.25, 0.3) is 0 Å². The van der Waals surface area contributed by atoms with E-state index in [-0.39, 0.29) is 6.61 Å². The maximum atomic E-state index is 11.9. The number of hydrogen-bond donors (Lipinski definition) is 0. The van der Waals surface area contributed by atoms with Crippen LogP contribution in [-0.4, -0.2) is 25.4 Å². The molecule has 0 aromatic carbocycles. The Bertz CT molecular complexity index is 95.0. The van der Waals surface area contributed by atoms with E-state index in [2.05, 4.69) is 4.74 Å². The topological polar surface area (TPSA) is 26.3 Å². The van der Waals surface area contributed by atoms with Crippen LogP contribution in [0.5, 0.6) is 0 Å². The van der Waals surface area contributed by atoms with Gasteiger partial charge in [0.1, 0.15) is 6.67 Å². The highest BCUT2D eigenvalue weighted by Gasteiger charge is 2.16. The molecule has 0 aliphatic rings. The molecular weight excluding hydrogens is 130 g/mol. The largest absolute Gasteiger partial charge is 0.464 e. The first-order chi connectivity index (χ1) is 4.22. The summed E-state index contributed by atoms with van der Waals surface area (Å²) < 4.78 is 27.3. The molecule has 9 heavy (non-hydrogen) atoms. The molecule has 0 radical (unpaired) electrons. The molecule has 0 rings (SSSR count). The molecule has 0 bridgehead atoms. The van der Waals surface area contributed by atoms with Crippen LogP contribution < -0.4 is 0 Å². The number of hydrogen-bond acceptors (Lipinski definition) is 2. The fourth-order valence-corrected chi connectivity index (χ4v) is 0.296. The van der Waals surface area contributed by atoms with E-state index in [1.807, 2.05) is 0 Å². The summed E-state index contributed by atoms with van der Waals surface area (Å²) in [7, 11) is 0. The van der Waals surface area contributed by atoms with Gasteiger partial charge < -0.3 is 4.74 Å². The molecule has 0 N–H and O–H groups in total. The molecule has 0 fully saturated rings. The molecule has 0 spiro atoms. The summed E-state index contributed by atoms with van der Waals surface area (Å²) in [4.78, 5) is 10.1. The average Bonchev–Trinajstić information content (AvgIpc) is 1.87. The maximum absolute atomic E-state index is 11.9. The van der Waals surface area contributed by atoms with Gasteiger partial charge in [0, 0.05) is 0 Å². The zero-order chi connectivity index (χ0) is 7.28. The molecule has 0 heterocycles. The van der Waals surface area contributed by atoms with Crippen LogP contribution in [0, 0.1) is 0 Å². The van der Waals surface area contributed by atoms with Crippen LogP contribution in [0.4, 0.5) is 8.78 Å². The van der Waals surface area contributed by atoms with E-state index in [1.165, 1.54) is 6.92 Å². The minimum Gasteiger partial charge on any atom is -0.464 e. The van der Waals surface area contributed by atoms with Crippen LogP contribution >= 0.6 is 0 Å². The molecule has 0 aromatic heterocycles. The predicted octanol–water partition coefficient (Wildman–Crippen LogP) is 0.857. The van der Waals surface area contributed by atoms with E-state index in [4.69, 9.17) is 0 Å². The highest BCUT2D eigenvalue weighted by atomic mass is 19.2. The zero-order valence-electron chi connectivity index (χ0n) is 5.06. The van der Waals surface area contributed by atoms with Crippen LogP contribution in [-0.2, 0) is 9.53 Å². The second-order valence-electron chi connectivity index (χ2n) is 1.37. The molecule has 0 saturated heterocycles. The van der Waals surface area contributed by atoms with E-state index in [0.717, 1.165) is 0 Å². The van der Waals surface area contributed by atoms with Gasteiger partial charge in [0.05, 0.1) is 6.61 Å². The summed E-state index contributed by atoms with van der Waals surface area (Å²) >= 11 is 0. The van der Waals surface area contributed by atoms with E-state index in [0.29, 0.717) is 0 Å². The minimum atomic E-state index is -2.11. The quantitative estimate of drug-likeness (QED) is 0.540. The Hall–Kier alpha value is -0.670. The summed E-state index contributed by atoms with van der Waals surface area (Å²) in [6.45, 7) is 0.306. The van der Waals surface area contributed by atoms with Crippen molar-refractivity contribution in [3.63, 3.8) is 0 Å². The molecular formula is C5H8F2O2. The van der Waals surface area contributed by atoms with Crippen molar-refractivity contribution in [2.24, 2.45) is 0 Å². The van der Waals surface area contributed by atoms with Crippen molar-refractivity contribution in [3.8, 4) is 0 Å². The van der Waals surface area contributed by atoms with Crippen molar-refractivity contribution < 1.29 is 18.3 Å². The van der Waals surface area contributed by atoms with Crippen molar-refractivity contribution in [2.75, 3.05) is 13.3 Å². The van der Waals surface area contributed by atoms with E-state index in [1.54, 1.807) is 0 Å². The van der Waals surface area contributed by atoms with Crippen LogP contribution in [0.1, 0.15) is 6.92 Å². The summed E-state index contributed by atoms with van der Waals surface area (Å²) in [6, 6.07) is 0. The second-order valence-corrected chi connectivity index (χ2v) is 1.37. The SMILES string of the molecule is CCOC(=O)[C@H](F)CF. The fourth-order valence-electron chi connectivity index (χ4n) is 0.296. The van der Waals surface area contributed by atoms with Crippen LogP contribution in [0.2, 0.25) is 0 Å². The Labute approximate surface area is 51.8 Å². The molecule has 0 aliphatic carbocycles. The smallest absolute Gasteiger partial charge is 0.343 e. The molecule has 0 unspecified atom stereocenters. The van der Waals surface area contributed by atoms with E-state index >= 15 is 0 Å². The Morgan fingerprint density at radius 1 is 1.78 bits per heavy atom. The molecule has 1 atom stereocenters. The van der Waals surface area contributed by atoms with Gasteiger partial charge >= 0.3 is 5.97 Å². The van der Waals surface area contributed by atoms with Crippen molar-refractivity contribution in [1.82, 2.24) is 0 Å². The van der Waals surface area contributed by atoms with Crippen molar-refractivity contribution in [2.45, 2.75) is 13.1 Å². The third kappa shape index (κ3) is 3.00. The van der Waals surface area contributed by atoms with Gasteiger partial charge in [0.2, 0.25) is 6.17 Å². The summed E-state index contributed by atoms with van der Waals surface area (Å²) in [5.74, 6) is -1.12. The first-order valence-corrected chi connectivity index (χ1v) is 2.59. The molecule has 4 heteroatoms. The Balaban J connectivity index is 3.46. The van der Waals surface area contributed by atoms with Gasteiger partial charge in [-0.15, -0.1) is 0 Å². The third-order valence-electron chi connectivity index (χ3n) is 0.678. The van der Waals surface area contributed by atoms with E-state index in [9.17, 15) is 13.6 Å². The lowest BCUT2D eigenvalue weighted by molar-refractivity contribution is -0.149. The van der Waals surface area contributed by atoms with Crippen LogP contribution in [0.3, 0.4) is 0 Å². The Morgan fingerprint density at radius 3 is 2.67 bits per heavy atom. The lowest BCUT2D eigenvalue weighted by atomic mass is 10.4. The van der Waals surface area contributed by atoms with Gasteiger partial charge in [-0.3, -0.25) is 0 Å². The van der Waals surface area contributed by atoms with Crippen molar-refractivity contribution in [3.05, 3.63) is 0 Å². The van der Waals surface area contributed by atoms with Crippen LogP contribution in [0.15, 0.2) is 0 Å². The van der Waals surface area contributed by atoms with Gasteiger partial charge in [-0.1, -0.05) is 0 Å². The van der Waals surface area contributed by atoms with Crippen molar-refractivity contribution in [1.29, 1.82) is 0 Å². The Kier molecular flexibility index (Phi) is 3.92. The first kappa shape index (κ1) is 8.33. The zero-order valence-corrected chi connectivity index (χ0v) is 5.06. The van der Waals surface area contributed by atoms with Crippen molar-refractivity contribution >= 4 is 5.97 Å². The Morgan fingerprint density at radius 2 is 2.33 bits per heavy atom. The molecule has 2 nitrogen and oxygen atoms in total. The molecule has 0 amide bonds. The molecule has 0 aliphatic heterocycles. The average molecular weight is 138 g/mol. The summed E-state index contributed by atoms with van der Waals surface area (Å²) in [5.41, 5.74) is 0. The number of alkyl halides is 2. The third-order valence-corrected chi connectivity index (χ3v) is 0.678. The number of esters is 1. The van der Waals surface area contributed by atoms with Gasteiger partial charge in [0.15, 0.2) is 0 Å². The number of halogens is 2. The summed E-state index contributed by atoms with van der Waals surface area (Å²) in [6.07, 6.45) is -2.11. The normalized spacial score (nSPS) is 12.8. The van der Waals surface area contributed by atoms with Gasteiger partial charge in [-0.25, -0.2) is 13.6 Å². The minimum absolute atomic E-state index is 0.0826. The highest BCUT2D eigenvalue weighted by Crippen LogP contribution is 1.94. The molecule has 0 aromatic rings. The second kappa shape index (κ2) is 4.23. The lowest BCUT2D eigenvalue weighted by Gasteiger charge is -2.01. The number of carbonyl (C=O) groups is 1. The van der Waals surface area contributed by atoms with Gasteiger partial charge in [0.25, 0.3) is 0 Å². The standard InChI is InChI=1S/C5H8F2O2/c1-2-9-5(8)4(7)3-6/h4H,2-3H2,1H3/t4-/m1/s1. The monoisotopic (exact) mass is 138 g/mol. The van der Waals surface area contributed by atoms with E-state index < -0.39 is 18.8 Å².